The molecule has 0 radical (unpaired) electrons. The van der Waals surface area contributed by atoms with Crippen molar-refractivity contribution in [3.63, 3.8) is 0 Å². The number of rotatable bonds is 4. The fourth-order valence-corrected chi connectivity index (χ4v) is 3.28. The lowest BCUT2D eigenvalue weighted by atomic mass is 10.0. The van der Waals surface area contributed by atoms with Gasteiger partial charge in [0, 0.05) is 45.1 Å². The zero-order chi connectivity index (χ0) is 17.8. The molecule has 1 unspecified atom stereocenters. The molecule has 0 bridgehead atoms. The van der Waals surface area contributed by atoms with E-state index in [-0.39, 0.29) is 17.9 Å². The van der Waals surface area contributed by atoms with Gasteiger partial charge < -0.3 is 14.8 Å². The first kappa shape index (κ1) is 17.1. The summed E-state index contributed by atoms with van der Waals surface area (Å²) in [7, 11) is 1.55. The van der Waals surface area contributed by atoms with E-state index in [2.05, 4.69) is 26.8 Å². The summed E-state index contributed by atoms with van der Waals surface area (Å²) >= 11 is 0. The average Bonchev–Trinajstić information content (AvgIpc) is 3.16. The summed E-state index contributed by atoms with van der Waals surface area (Å²) in [6, 6.07) is 3.50. The van der Waals surface area contributed by atoms with Gasteiger partial charge in [-0.15, -0.1) is 0 Å². The van der Waals surface area contributed by atoms with Crippen LogP contribution in [-0.4, -0.2) is 51.4 Å². The van der Waals surface area contributed by atoms with Crippen molar-refractivity contribution < 1.29 is 9.59 Å². The first-order chi connectivity index (χ1) is 12.1. The number of carbonyl (C=O) groups is 2. The number of aromatic nitrogens is 3. The quantitative estimate of drug-likeness (QED) is 0.917. The lowest BCUT2D eigenvalue weighted by Crippen LogP contribution is -2.41. The van der Waals surface area contributed by atoms with Crippen molar-refractivity contribution in [1.82, 2.24) is 24.8 Å². The van der Waals surface area contributed by atoms with Gasteiger partial charge in [0.1, 0.15) is 11.5 Å². The third-order valence-corrected chi connectivity index (χ3v) is 4.61. The lowest BCUT2D eigenvalue weighted by molar-refractivity contribution is 0.0677. The first-order valence-electron chi connectivity index (χ1n) is 8.63. The number of carbonyl (C=O) groups excluding carboxylic acids is 2. The van der Waals surface area contributed by atoms with E-state index >= 15 is 0 Å². The van der Waals surface area contributed by atoms with Crippen LogP contribution in [0.2, 0.25) is 0 Å². The van der Waals surface area contributed by atoms with Crippen LogP contribution < -0.4 is 5.32 Å². The van der Waals surface area contributed by atoms with Gasteiger partial charge in [0.25, 0.3) is 11.8 Å². The minimum atomic E-state index is -0.260. The highest BCUT2D eigenvalue weighted by molar-refractivity contribution is 5.96. The summed E-state index contributed by atoms with van der Waals surface area (Å²) in [5.74, 6) is 0.749. The monoisotopic (exact) mass is 341 g/mol. The predicted molar refractivity (Wildman–Crippen MR) is 93.4 cm³/mol. The van der Waals surface area contributed by atoms with Gasteiger partial charge in [0.2, 0.25) is 0 Å². The van der Waals surface area contributed by atoms with Gasteiger partial charge in [-0.25, -0.2) is 4.98 Å². The van der Waals surface area contributed by atoms with E-state index in [1.54, 1.807) is 19.2 Å². The van der Waals surface area contributed by atoms with Gasteiger partial charge in [-0.3, -0.25) is 14.6 Å². The fourth-order valence-electron chi connectivity index (χ4n) is 3.28. The van der Waals surface area contributed by atoms with Crippen LogP contribution in [0.1, 0.15) is 52.5 Å². The SMILES string of the molecule is CCc1nccn1C1CCCN(C(=O)c2ccc(C(=O)NC)nc2)C1. The van der Waals surface area contributed by atoms with Gasteiger partial charge >= 0.3 is 0 Å². The molecule has 25 heavy (non-hydrogen) atoms. The van der Waals surface area contributed by atoms with Crippen LogP contribution in [0.15, 0.2) is 30.7 Å². The second-order valence-corrected chi connectivity index (χ2v) is 6.16. The van der Waals surface area contributed by atoms with E-state index in [0.717, 1.165) is 31.6 Å². The third kappa shape index (κ3) is 3.55. The van der Waals surface area contributed by atoms with Crippen molar-refractivity contribution >= 4 is 11.8 Å². The molecule has 132 valence electrons. The molecule has 2 aromatic rings. The van der Waals surface area contributed by atoms with E-state index in [4.69, 9.17) is 0 Å². The Balaban J connectivity index is 1.72. The average molecular weight is 341 g/mol. The Hall–Kier alpha value is -2.70. The van der Waals surface area contributed by atoms with Gasteiger partial charge in [-0.1, -0.05) is 6.92 Å². The van der Waals surface area contributed by atoms with Crippen LogP contribution in [-0.2, 0) is 6.42 Å². The molecule has 3 rings (SSSR count). The lowest BCUT2D eigenvalue weighted by Gasteiger charge is -2.34. The molecule has 0 saturated carbocycles. The molecule has 0 spiro atoms. The maximum atomic E-state index is 12.8. The molecule has 3 heterocycles. The number of aryl methyl sites for hydroxylation is 1. The predicted octanol–water partition coefficient (Wildman–Crippen LogP) is 1.68. The number of piperidine rings is 1. The second-order valence-electron chi connectivity index (χ2n) is 6.16. The van der Waals surface area contributed by atoms with Crippen LogP contribution in [0.25, 0.3) is 0 Å². The van der Waals surface area contributed by atoms with Crippen LogP contribution in [0.3, 0.4) is 0 Å². The van der Waals surface area contributed by atoms with Crippen LogP contribution in [0.4, 0.5) is 0 Å². The van der Waals surface area contributed by atoms with Crippen molar-refractivity contribution in [2.75, 3.05) is 20.1 Å². The number of amides is 2. The Bertz CT molecular complexity index is 753. The maximum Gasteiger partial charge on any atom is 0.269 e. The van der Waals surface area contributed by atoms with Crippen molar-refractivity contribution in [2.45, 2.75) is 32.2 Å². The molecule has 7 nitrogen and oxygen atoms in total. The zero-order valence-corrected chi connectivity index (χ0v) is 14.6. The van der Waals surface area contributed by atoms with Crippen molar-refractivity contribution in [2.24, 2.45) is 0 Å². The van der Waals surface area contributed by atoms with Crippen LogP contribution in [0, 0.1) is 0 Å². The molecule has 1 saturated heterocycles. The third-order valence-electron chi connectivity index (χ3n) is 4.61. The van der Waals surface area contributed by atoms with E-state index in [1.165, 1.54) is 6.20 Å². The number of nitrogens with one attached hydrogen (secondary N) is 1. The zero-order valence-electron chi connectivity index (χ0n) is 14.6. The van der Waals surface area contributed by atoms with E-state index < -0.39 is 0 Å². The van der Waals surface area contributed by atoms with Gasteiger partial charge in [-0.05, 0) is 25.0 Å². The molecule has 2 aromatic heterocycles. The van der Waals surface area contributed by atoms with Gasteiger partial charge in [0.05, 0.1) is 11.6 Å². The highest BCUT2D eigenvalue weighted by Gasteiger charge is 2.26. The molecule has 0 aliphatic carbocycles. The Morgan fingerprint density at radius 2 is 2.16 bits per heavy atom. The number of imidazole rings is 1. The maximum absolute atomic E-state index is 12.8. The first-order valence-corrected chi connectivity index (χ1v) is 8.63. The Morgan fingerprint density at radius 1 is 1.32 bits per heavy atom. The Kier molecular flexibility index (Phi) is 5.11. The van der Waals surface area contributed by atoms with Crippen molar-refractivity contribution in [3.8, 4) is 0 Å². The molecular weight excluding hydrogens is 318 g/mol. The van der Waals surface area contributed by atoms with Crippen molar-refractivity contribution in [3.05, 3.63) is 47.8 Å². The molecule has 2 amide bonds. The Labute approximate surface area is 147 Å². The van der Waals surface area contributed by atoms with Crippen LogP contribution >= 0.6 is 0 Å². The number of hydrogen-bond acceptors (Lipinski definition) is 4. The molecule has 1 N–H and O–H groups in total. The summed E-state index contributed by atoms with van der Waals surface area (Å²) in [5.41, 5.74) is 0.816. The smallest absolute Gasteiger partial charge is 0.269 e. The summed E-state index contributed by atoms with van der Waals surface area (Å²) in [5, 5.41) is 2.52. The minimum absolute atomic E-state index is 0.0428. The summed E-state index contributed by atoms with van der Waals surface area (Å²) in [6.07, 6.45) is 8.17. The summed E-state index contributed by atoms with van der Waals surface area (Å²) in [4.78, 5) is 34.7. The van der Waals surface area contributed by atoms with Crippen LogP contribution in [0.5, 0.6) is 0 Å². The molecule has 0 aromatic carbocycles. The molecule has 7 heteroatoms. The number of pyridine rings is 1. The highest BCUT2D eigenvalue weighted by Crippen LogP contribution is 2.24. The Morgan fingerprint density at radius 3 is 2.84 bits per heavy atom. The standard InChI is InChI=1S/C18H23N5O2/c1-3-16-20-8-10-23(16)14-5-4-9-22(12-14)18(25)13-6-7-15(21-11-13)17(24)19-2/h6-8,10-11,14H,3-5,9,12H2,1-2H3,(H,19,24). The number of hydrogen-bond donors (Lipinski definition) is 1. The normalized spacial score (nSPS) is 17.4. The highest BCUT2D eigenvalue weighted by atomic mass is 16.2. The minimum Gasteiger partial charge on any atom is -0.354 e. The summed E-state index contributed by atoms with van der Waals surface area (Å²) in [6.45, 7) is 3.49. The number of nitrogens with zero attached hydrogens (tertiary/aromatic N) is 4. The van der Waals surface area contributed by atoms with E-state index in [0.29, 0.717) is 17.8 Å². The molecule has 1 fully saturated rings. The summed E-state index contributed by atoms with van der Waals surface area (Å²) < 4.78 is 2.19. The molecule has 1 aliphatic rings. The molecule has 1 atom stereocenters. The van der Waals surface area contributed by atoms with E-state index in [1.807, 2.05) is 17.3 Å². The number of likely N-dealkylation sites (tertiary alicyclic amines) is 1. The molecule has 1 aliphatic heterocycles. The van der Waals surface area contributed by atoms with Crippen molar-refractivity contribution in [1.29, 1.82) is 0 Å². The van der Waals surface area contributed by atoms with Gasteiger partial charge in [-0.2, -0.15) is 0 Å². The fraction of sp³-hybridized carbons (Fsp3) is 0.444. The molecular formula is C18H23N5O2. The second kappa shape index (κ2) is 7.46. The van der Waals surface area contributed by atoms with Gasteiger partial charge in [0.15, 0.2) is 0 Å². The van der Waals surface area contributed by atoms with E-state index in [9.17, 15) is 9.59 Å². The largest absolute Gasteiger partial charge is 0.354 e. The topological polar surface area (TPSA) is 80.1 Å².